The Balaban J connectivity index is 3.00. The summed E-state index contributed by atoms with van der Waals surface area (Å²) in [5.74, 6) is 0.0995. The third-order valence-corrected chi connectivity index (χ3v) is 4.55. The molecule has 0 saturated heterocycles. The van der Waals surface area contributed by atoms with Crippen molar-refractivity contribution in [2.75, 3.05) is 6.54 Å². The van der Waals surface area contributed by atoms with Gasteiger partial charge in [0.15, 0.2) is 0 Å². The van der Waals surface area contributed by atoms with Crippen molar-refractivity contribution in [3.8, 4) is 0 Å². The standard InChI is InChI=1S/C17H28ClNO2/c1-6-12-19-15(20)14-13(10-9-11-17(14,5)18)21-16(4,7-2)8-3/h9-11,14H,6-8,12H2,1-5H3,(H,19,20). The second-order valence-corrected chi connectivity index (χ2v) is 6.88. The van der Waals surface area contributed by atoms with Crippen molar-refractivity contribution in [2.45, 2.75) is 64.4 Å². The van der Waals surface area contributed by atoms with Crippen LogP contribution in [0.15, 0.2) is 24.0 Å². The Morgan fingerprint density at radius 2 is 2.05 bits per heavy atom. The zero-order chi connectivity index (χ0) is 16.1. The van der Waals surface area contributed by atoms with Crippen LogP contribution in [0.5, 0.6) is 0 Å². The summed E-state index contributed by atoms with van der Waals surface area (Å²) in [6.07, 6.45) is 8.25. The Morgan fingerprint density at radius 3 is 2.57 bits per heavy atom. The molecule has 3 nitrogen and oxygen atoms in total. The topological polar surface area (TPSA) is 38.3 Å². The van der Waals surface area contributed by atoms with Crippen LogP contribution in [-0.2, 0) is 9.53 Å². The predicted molar refractivity (Wildman–Crippen MR) is 88.3 cm³/mol. The van der Waals surface area contributed by atoms with Crippen LogP contribution < -0.4 is 5.32 Å². The molecule has 0 saturated carbocycles. The van der Waals surface area contributed by atoms with Crippen LogP contribution >= 0.6 is 11.6 Å². The molecule has 0 heterocycles. The highest BCUT2D eigenvalue weighted by Crippen LogP contribution is 2.39. The molecule has 1 aliphatic carbocycles. The van der Waals surface area contributed by atoms with Crippen LogP contribution in [-0.4, -0.2) is 22.9 Å². The summed E-state index contributed by atoms with van der Waals surface area (Å²) >= 11 is 6.55. The highest BCUT2D eigenvalue weighted by Gasteiger charge is 2.42. The van der Waals surface area contributed by atoms with E-state index in [0.29, 0.717) is 12.3 Å². The van der Waals surface area contributed by atoms with Gasteiger partial charge in [-0.2, -0.15) is 0 Å². The maximum Gasteiger partial charge on any atom is 0.232 e. The number of carbonyl (C=O) groups is 1. The van der Waals surface area contributed by atoms with Crippen molar-refractivity contribution in [1.29, 1.82) is 0 Å². The molecule has 120 valence electrons. The van der Waals surface area contributed by atoms with E-state index in [0.717, 1.165) is 19.3 Å². The molecule has 0 aromatic heterocycles. The number of alkyl halides is 1. The minimum absolute atomic E-state index is 0.0699. The Morgan fingerprint density at radius 1 is 1.43 bits per heavy atom. The van der Waals surface area contributed by atoms with Crippen LogP contribution in [0.25, 0.3) is 0 Å². The second kappa shape index (κ2) is 7.35. The molecule has 1 N–H and O–H groups in total. The molecule has 0 spiro atoms. The van der Waals surface area contributed by atoms with E-state index < -0.39 is 10.8 Å². The van der Waals surface area contributed by atoms with Crippen LogP contribution in [0.3, 0.4) is 0 Å². The number of allylic oxidation sites excluding steroid dienone is 3. The van der Waals surface area contributed by atoms with Gasteiger partial charge in [-0.05, 0) is 39.2 Å². The lowest BCUT2D eigenvalue weighted by molar-refractivity contribution is -0.127. The van der Waals surface area contributed by atoms with E-state index in [9.17, 15) is 4.79 Å². The summed E-state index contributed by atoms with van der Waals surface area (Å²) in [4.78, 5) is 11.7. The largest absolute Gasteiger partial charge is 0.491 e. The SMILES string of the molecule is CCCNC(=O)C1C(OC(C)(CC)CC)=CC=CC1(C)Cl. The van der Waals surface area contributed by atoms with Gasteiger partial charge in [0.25, 0.3) is 0 Å². The van der Waals surface area contributed by atoms with Crippen molar-refractivity contribution in [3.05, 3.63) is 24.0 Å². The summed E-state index contributed by atoms with van der Waals surface area (Å²) in [5, 5.41) is 2.93. The van der Waals surface area contributed by atoms with E-state index in [1.165, 1.54) is 0 Å². The molecular formula is C17H28ClNO2. The lowest BCUT2D eigenvalue weighted by Crippen LogP contribution is -2.45. The summed E-state index contributed by atoms with van der Waals surface area (Å²) in [6, 6.07) is 0. The third kappa shape index (κ3) is 4.50. The number of hydrogen-bond donors (Lipinski definition) is 1. The van der Waals surface area contributed by atoms with Crippen LogP contribution in [0.1, 0.15) is 53.9 Å². The molecule has 0 aromatic rings. The maximum atomic E-state index is 12.5. The molecule has 0 aromatic carbocycles. The van der Waals surface area contributed by atoms with E-state index in [1.807, 2.05) is 32.1 Å². The number of halogens is 1. The zero-order valence-corrected chi connectivity index (χ0v) is 14.6. The van der Waals surface area contributed by atoms with Gasteiger partial charge in [0, 0.05) is 6.54 Å². The van der Waals surface area contributed by atoms with Gasteiger partial charge in [-0.1, -0.05) is 32.9 Å². The first kappa shape index (κ1) is 18.1. The van der Waals surface area contributed by atoms with Gasteiger partial charge in [0.1, 0.15) is 17.3 Å². The van der Waals surface area contributed by atoms with Gasteiger partial charge < -0.3 is 10.1 Å². The monoisotopic (exact) mass is 313 g/mol. The molecule has 0 radical (unpaired) electrons. The summed E-state index contributed by atoms with van der Waals surface area (Å²) in [6.45, 7) is 10.8. The first-order valence-corrected chi connectivity index (χ1v) is 8.22. The minimum atomic E-state index is -0.760. The van der Waals surface area contributed by atoms with Gasteiger partial charge in [0.2, 0.25) is 5.91 Å². The highest BCUT2D eigenvalue weighted by atomic mass is 35.5. The number of amides is 1. The molecule has 1 rings (SSSR count). The third-order valence-electron chi connectivity index (χ3n) is 4.20. The molecule has 2 unspecified atom stereocenters. The van der Waals surface area contributed by atoms with Gasteiger partial charge in [-0.15, -0.1) is 11.6 Å². The molecule has 0 fully saturated rings. The fourth-order valence-corrected chi connectivity index (χ4v) is 2.59. The Kier molecular flexibility index (Phi) is 6.33. The fraction of sp³-hybridized carbons (Fsp3) is 0.706. The van der Waals surface area contributed by atoms with E-state index in [4.69, 9.17) is 16.3 Å². The maximum absolute atomic E-state index is 12.5. The number of carbonyl (C=O) groups excluding carboxylic acids is 1. The van der Waals surface area contributed by atoms with Crippen LogP contribution in [0.4, 0.5) is 0 Å². The molecule has 0 aliphatic heterocycles. The molecule has 4 heteroatoms. The molecular weight excluding hydrogens is 286 g/mol. The summed E-state index contributed by atoms with van der Waals surface area (Å²) in [7, 11) is 0. The fourth-order valence-electron chi connectivity index (χ4n) is 2.31. The minimum Gasteiger partial charge on any atom is -0.491 e. The average Bonchev–Trinajstić information content (AvgIpc) is 2.43. The smallest absolute Gasteiger partial charge is 0.232 e. The first-order chi connectivity index (χ1) is 9.79. The molecule has 21 heavy (non-hydrogen) atoms. The second-order valence-electron chi connectivity index (χ2n) is 6.06. The summed E-state index contributed by atoms with van der Waals surface area (Å²) in [5.41, 5.74) is -0.271. The van der Waals surface area contributed by atoms with Crippen LogP contribution in [0, 0.1) is 5.92 Å². The highest BCUT2D eigenvalue weighted by molar-refractivity contribution is 6.27. The number of nitrogens with one attached hydrogen (secondary N) is 1. The van der Waals surface area contributed by atoms with E-state index in [2.05, 4.69) is 26.1 Å². The molecule has 1 amide bonds. The van der Waals surface area contributed by atoms with Crippen molar-refractivity contribution in [2.24, 2.45) is 5.92 Å². The van der Waals surface area contributed by atoms with E-state index >= 15 is 0 Å². The van der Waals surface area contributed by atoms with Crippen molar-refractivity contribution in [1.82, 2.24) is 5.32 Å². The van der Waals surface area contributed by atoms with Gasteiger partial charge in [-0.3, -0.25) is 4.79 Å². The molecule has 0 bridgehead atoms. The van der Waals surface area contributed by atoms with Gasteiger partial charge in [-0.25, -0.2) is 0 Å². The number of ether oxygens (including phenoxy) is 1. The summed E-state index contributed by atoms with van der Waals surface area (Å²) < 4.78 is 6.19. The van der Waals surface area contributed by atoms with E-state index in [1.54, 1.807) is 0 Å². The normalized spacial score (nSPS) is 25.4. The average molecular weight is 314 g/mol. The van der Waals surface area contributed by atoms with Gasteiger partial charge >= 0.3 is 0 Å². The number of hydrogen-bond acceptors (Lipinski definition) is 2. The lowest BCUT2D eigenvalue weighted by atomic mass is 9.85. The Bertz CT molecular complexity index is 423. The first-order valence-electron chi connectivity index (χ1n) is 7.84. The molecule has 2 atom stereocenters. The Hall–Kier alpha value is -0.960. The molecule has 1 aliphatic rings. The Labute approximate surface area is 133 Å². The van der Waals surface area contributed by atoms with Crippen molar-refractivity contribution in [3.63, 3.8) is 0 Å². The van der Waals surface area contributed by atoms with Crippen LogP contribution in [0.2, 0.25) is 0 Å². The zero-order valence-electron chi connectivity index (χ0n) is 13.8. The van der Waals surface area contributed by atoms with Gasteiger partial charge in [0.05, 0.1) is 4.87 Å². The lowest BCUT2D eigenvalue weighted by Gasteiger charge is -2.37. The van der Waals surface area contributed by atoms with Crippen molar-refractivity contribution < 1.29 is 9.53 Å². The van der Waals surface area contributed by atoms with E-state index in [-0.39, 0.29) is 11.5 Å². The number of rotatable bonds is 7. The quantitative estimate of drug-likeness (QED) is 0.716. The van der Waals surface area contributed by atoms with Crippen molar-refractivity contribution >= 4 is 17.5 Å². The predicted octanol–water partition coefficient (Wildman–Crippen LogP) is 4.18.